The highest BCUT2D eigenvalue weighted by Gasteiger charge is 2.66. The zero-order valence-corrected chi connectivity index (χ0v) is 21.8. The number of hydrogen-bond acceptors (Lipinski definition) is 3. The zero-order chi connectivity index (χ0) is 23.5. The van der Waals surface area contributed by atoms with Gasteiger partial charge in [0.1, 0.15) is 5.78 Å². The van der Waals surface area contributed by atoms with E-state index in [4.69, 9.17) is 5.73 Å². The lowest BCUT2D eigenvalue weighted by Crippen LogP contribution is -2.69. The highest BCUT2D eigenvalue weighted by atomic mass is 16.3. The molecule has 4 fully saturated rings. The van der Waals surface area contributed by atoms with Crippen LogP contribution in [-0.2, 0) is 4.79 Å². The maximum Gasteiger partial charge on any atom is 0.134 e. The summed E-state index contributed by atoms with van der Waals surface area (Å²) in [6, 6.07) is 0. The zero-order valence-electron chi connectivity index (χ0n) is 21.8. The molecule has 4 saturated carbocycles. The molecule has 0 aliphatic heterocycles. The van der Waals surface area contributed by atoms with Crippen molar-refractivity contribution in [2.45, 2.75) is 124 Å². The predicted molar refractivity (Wildman–Crippen MR) is 132 cm³/mol. The van der Waals surface area contributed by atoms with Gasteiger partial charge >= 0.3 is 0 Å². The summed E-state index contributed by atoms with van der Waals surface area (Å²) in [4.78, 5) is 12.3. The second-order valence-corrected chi connectivity index (χ2v) is 13.5. The summed E-state index contributed by atoms with van der Waals surface area (Å²) in [6.45, 7) is 14.6. The van der Waals surface area contributed by atoms with Crippen molar-refractivity contribution in [2.75, 3.05) is 0 Å². The van der Waals surface area contributed by atoms with Gasteiger partial charge in [0.05, 0.1) is 6.10 Å². The monoisotopic (exact) mass is 445 g/mol. The van der Waals surface area contributed by atoms with Crippen LogP contribution in [-0.4, -0.2) is 22.5 Å². The summed E-state index contributed by atoms with van der Waals surface area (Å²) in [5, 5.41) is 11.5. The van der Waals surface area contributed by atoms with Crippen LogP contribution in [0.3, 0.4) is 0 Å². The van der Waals surface area contributed by atoms with Gasteiger partial charge in [0, 0.05) is 18.4 Å². The summed E-state index contributed by atoms with van der Waals surface area (Å²) >= 11 is 0. The number of carbonyl (C=O) groups excluding carboxylic acids is 1. The summed E-state index contributed by atoms with van der Waals surface area (Å²) in [5.41, 5.74) is 6.81. The number of hydrogen-bond donors (Lipinski definition) is 2. The van der Waals surface area contributed by atoms with Crippen LogP contribution < -0.4 is 5.73 Å². The fraction of sp³-hybridized carbons (Fsp3) is 0.966. The minimum atomic E-state index is -0.506. The van der Waals surface area contributed by atoms with Crippen LogP contribution >= 0.6 is 0 Å². The summed E-state index contributed by atoms with van der Waals surface area (Å²) in [7, 11) is 0. The number of Topliss-reactive ketones (excluding diaryl/α,β-unsaturated/α-hetero) is 1. The second-order valence-electron chi connectivity index (χ2n) is 13.5. The molecule has 3 N–H and O–H groups in total. The Bertz CT molecular complexity index is 705. The number of aliphatic hydroxyl groups excluding tert-OH is 1. The fourth-order valence-electron chi connectivity index (χ4n) is 9.80. The number of carbonyl (C=O) groups is 1. The molecule has 3 nitrogen and oxygen atoms in total. The standard InChI is InChI=1S/C29H51NO2/c1-7-20(18(2)3)9-8-19(4)22-10-11-23-26-24(13-14-27(22,23)5)28(6)15-12-21(31)16-29(28,30)17-25(26)32/h18-20,22-26,32H,7-17,30H2,1-6H3/t19-,20-,22-,23?,24?,25?,26+,27-,28-,29-/m1/s1. The van der Waals surface area contributed by atoms with Crippen LogP contribution in [0.5, 0.6) is 0 Å². The van der Waals surface area contributed by atoms with Gasteiger partial charge < -0.3 is 10.8 Å². The van der Waals surface area contributed by atoms with Gasteiger partial charge in [0.15, 0.2) is 0 Å². The number of ketones is 1. The average Bonchev–Trinajstić information content (AvgIpc) is 3.06. The van der Waals surface area contributed by atoms with Crippen molar-refractivity contribution >= 4 is 5.78 Å². The molecule has 4 aliphatic carbocycles. The largest absolute Gasteiger partial charge is 0.393 e. The van der Waals surface area contributed by atoms with E-state index in [0.717, 1.165) is 30.1 Å². The van der Waals surface area contributed by atoms with Crippen molar-refractivity contribution in [2.24, 2.45) is 58.0 Å². The Balaban J connectivity index is 1.52. The fourth-order valence-corrected chi connectivity index (χ4v) is 9.80. The third kappa shape index (κ3) is 3.72. The Kier molecular flexibility index (Phi) is 6.69. The van der Waals surface area contributed by atoms with E-state index in [1.54, 1.807) is 0 Å². The molecule has 0 saturated heterocycles. The van der Waals surface area contributed by atoms with Crippen molar-refractivity contribution in [3.8, 4) is 0 Å². The van der Waals surface area contributed by atoms with E-state index < -0.39 is 5.54 Å². The van der Waals surface area contributed by atoms with Gasteiger partial charge in [0.2, 0.25) is 0 Å². The van der Waals surface area contributed by atoms with Crippen molar-refractivity contribution in [3.63, 3.8) is 0 Å². The first-order valence-corrected chi connectivity index (χ1v) is 14.0. The van der Waals surface area contributed by atoms with Crippen molar-refractivity contribution < 1.29 is 9.90 Å². The molecule has 0 aromatic carbocycles. The molecule has 0 aromatic rings. The van der Waals surface area contributed by atoms with Crippen molar-refractivity contribution in [1.82, 2.24) is 0 Å². The molecule has 4 aliphatic rings. The molecule has 184 valence electrons. The van der Waals surface area contributed by atoms with Crippen LogP contribution in [0.15, 0.2) is 0 Å². The van der Waals surface area contributed by atoms with E-state index in [0.29, 0.717) is 48.2 Å². The van der Waals surface area contributed by atoms with Crippen LogP contribution in [0.4, 0.5) is 0 Å². The van der Waals surface area contributed by atoms with Crippen LogP contribution in [0.25, 0.3) is 0 Å². The highest BCUT2D eigenvalue weighted by Crippen LogP contribution is 2.68. The van der Waals surface area contributed by atoms with Crippen LogP contribution in [0.1, 0.15) is 112 Å². The van der Waals surface area contributed by atoms with Gasteiger partial charge in [-0.2, -0.15) is 0 Å². The maximum absolute atomic E-state index is 12.3. The summed E-state index contributed by atoms with van der Waals surface area (Å²) in [6.07, 6.45) is 11.5. The smallest absolute Gasteiger partial charge is 0.134 e. The Morgan fingerprint density at radius 1 is 1.06 bits per heavy atom. The van der Waals surface area contributed by atoms with E-state index in [9.17, 15) is 9.90 Å². The van der Waals surface area contributed by atoms with Gasteiger partial charge in [-0.3, -0.25) is 4.79 Å². The lowest BCUT2D eigenvalue weighted by Gasteiger charge is -2.65. The third-order valence-corrected chi connectivity index (χ3v) is 12.0. The van der Waals surface area contributed by atoms with Crippen LogP contribution in [0, 0.1) is 52.3 Å². The maximum atomic E-state index is 12.3. The SMILES string of the molecule is CC[C@H](CC[C@@H](C)[C@H]1CCC2[C@@H]3C(O)C[C@]4(N)CC(=O)CC[C@]4(C)C3CC[C@@]21C)C(C)C. The molecule has 0 radical (unpaired) electrons. The first kappa shape index (κ1) is 24.7. The third-order valence-electron chi connectivity index (χ3n) is 12.0. The van der Waals surface area contributed by atoms with E-state index in [1.807, 2.05) is 0 Å². The lowest BCUT2D eigenvalue weighted by molar-refractivity contribution is -0.176. The van der Waals surface area contributed by atoms with E-state index in [-0.39, 0.29) is 11.5 Å². The number of rotatable bonds is 6. The average molecular weight is 446 g/mol. The van der Waals surface area contributed by atoms with Gasteiger partial charge in [-0.05, 0) is 97.2 Å². The molecule has 32 heavy (non-hydrogen) atoms. The Morgan fingerprint density at radius 2 is 1.78 bits per heavy atom. The molecule has 3 unspecified atom stereocenters. The van der Waals surface area contributed by atoms with E-state index >= 15 is 0 Å². The summed E-state index contributed by atoms with van der Waals surface area (Å²) in [5.74, 6) is 4.97. The molecule has 4 rings (SSSR count). The highest BCUT2D eigenvalue weighted by molar-refractivity contribution is 5.81. The number of fused-ring (bicyclic) bond motifs is 5. The Labute approximate surface area is 197 Å². The Morgan fingerprint density at radius 3 is 2.44 bits per heavy atom. The lowest BCUT2D eigenvalue weighted by atomic mass is 9.41. The number of aliphatic hydroxyl groups is 1. The van der Waals surface area contributed by atoms with Gasteiger partial charge in [-0.1, -0.05) is 54.4 Å². The molecule has 0 spiro atoms. The first-order valence-electron chi connectivity index (χ1n) is 14.0. The second kappa shape index (κ2) is 8.67. The predicted octanol–water partition coefficient (Wildman–Crippen LogP) is 6.37. The molecule has 3 heteroatoms. The topological polar surface area (TPSA) is 63.3 Å². The molecular formula is C29H51NO2. The minimum Gasteiger partial charge on any atom is -0.393 e. The number of nitrogens with two attached hydrogens (primary N) is 1. The minimum absolute atomic E-state index is 0.00144. The van der Waals surface area contributed by atoms with Crippen molar-refractivity contribution in [3.05, 3.63) is 0 Å². The molecule has 0 bridgehead atoms. The molecular weight excluding hydrogens is 394 g/mol. The van der Waals surface area contributed by atoms with Crippen molar-refractivity contribution in [1.29, 1.82) is 0 Å². The Hall–Kier alpha value is -0.410. The van der Waals surface area contributed by atoms with E-state index in [2.05, 4.69) is 41.5 Å². The van der Waals surface area contributed by atoms with E-state index in [1.165, 1.54) is 44.9 Å². The van der Waals surface area contributed by atoms with Gasteiger partial charge in [-0.15, -0.1) is 0 Å². The molecule has 0 heterocycles. The van der Waals surface area contributed by atoms with Crippen LogP contribution in [0.2, 0.25) is 0 Å². The molecule has 0 amide bonds. The van der Waals surface area contributed by atoms with Gasteiger partial charge in [-0.25, -0.2) is 0 Å². The first-order chi connectivity index (χ1) is 15.0. The summed E-state index contributed by atoms with van der Waals surface area (Å²) < 4.78 is 0. The normalized spacial score (nSPS) is 48.2. The molecule has 0 aromatic heterocycles. The molecule has 10 atom stereocenters. The quantitative estimate of drug-likeness (QED) is 0.499. The van der Waals surface area contributed by atoms with Gasteiger partial charge in [0.25, 0.3) is 0 Å².